The third kappa shape index (κ3) is 3.63. The average molecular weight is 263 g/mol. The summed E-state index contributed by atoms with van der Waals surface area (Å²) in [6.07, 6.45) is 5.11. The molecule has 0 unspecified atom stereocenters. The first-order valence-electron chi connectivity index (χ1n) is 7.20. The zero-order valence-corrected chi connectivity index (χ0v) is 12.2. The number of benzene rings is 1. The number of ether oxygens (including phenoxy) is 2. The van der Waals surface area contributed by atoms with E-state index in [4.69, 9.17) is 15.2 Å². The lowest BCUT2D eigenvalue weighted by Crippen LogP contribution is -2.23. The molecule has 0 amide bonds. The molecular weight excluding hydrogens is 238 g/mol. The van der Waals surface area contributed by atoms with Gasteiger partial charge in [0.25, 0.3) is 0 Å². The van der Waals surface area contributed by atoms with Gasteiger partial charge in [-0.15, -0.1) is 0 Å². The van der Waals surface area contributed by atoms with Crippen molar-refractivity contribution in [3.63, 3.8) is 0 Å². The first-order chi connectivity index (χ1) is 9.10. The van der Waals surface area contributed by atoms with Crippen LogP contribution in [0.15, 0.2) is 18.2 Å². The molecule has 0 aromatic heterocycles. The van der Waals surface area contributed by atoms with Crippen molar-refractivity contribution >= 4 is 0 Å². The Morgan fingerprint density at radius 2 is 1.84 bits per heavy atom. The van der Waals surface area contributed by atoms with Crippen LogP contribution in [0.1, 0.15) is 51.1 Å². The lowest BCUT2D eigenvalue weighted by atomic mass is 9.89. The second-order valence-electron chi connectivity index (χ2n) is 5.70. The molecule has 0 aliphatic heterocycles. The molecular formula is C16H25NO2. The van der Waals surface area contributed by atoms with Crippen LogP contribution in [0, 0.1) is 5.92 Å². The van der Waals surface area contributed by atoms with E-state index < -0.39 is 0 Å². The molecule has 1 aliphatic rings. The van der Waals surface area contributed by atoms with Crippen molar-refractivity contribution in [2.45, 2.75) is 51.7 Å². The summed E-state index contributed by atoms with van der Waals surface area (Å²) in [5, 5.41) is 0. The Morgan fingerprint density at radius 1 is 1.16 bits per heavy atom. The van der Waals surface area contributed by atoms with E-state index in [1.807, 2.05) is 25.1 Å². The van der Waals surface area contributed by atoms with Crippen LogP contribution in [-0.2, 0) is 0 Å². The van der Waals surface area contributed by atoms with E-state index in [0.717, 1.165) is 35.8 Å². The van der Waals surface area contributed by atoms with Gasteiger partial charge in [-0.25, -0.2) is 0 Å². The number of nitrogens with two attached hydrogens (primary N) is 1. The molecule has 1 atom stereocenters. The topological polar surface area (TPSA) is 44.5 Å². The maximum absolute atomic E-state index is 6.09. The maximum Gasteiger partial charge on any atom is 0.161 e. The molecule has 106 valence electrons. The second-order valence-corrected chi connectivity index (χ2v) is 5.70. The SMILES string of the molecule is COc1cc([C@@H](C)N)ccc1OC1CCC(C)CC1. The van der Waals surface area contributed by atoms with Gasteiger partial charge in [0.15, 0.2) is 11.5 Å². The monoisotopic (exact) mass is 263 g/mol. The van der Waals surface area contributed by atoms with E-state index in [0.29, 0.717) is 6.10 Å². The molecule has 0 heterocycles. The molecule has 1 aliphatic carbocycles. The van der Waals surface area contributed by atoms with E-state index in [1.165, 1.54) is 12.8 Å². The molecule has 3 nitrogen and oxygen atoms in total. The smallest absolute Gasteiger partial charge is 0.161 e. The van der Waals surface area contributed by atoms with Crippen molar-refractivity contribution in [3.8, 4) is 11.5 Å². The van der Waals surface area contributed by atoms with Gasteiger partial charge in [0, 0.05) is 6.04 Å². The summed E-state index contributed by atoms with van der Waals surface area (Å²) in [6.45, 7) is 4.28. The summed E-state index contributed by atoms with van der Waals surface area (Å²) >= 11 is 0. The lowest BCUT2D eigenvalue weighted by Gasteiger charge is -2.27. The Hall–Kier alpha value is -1.22. The van der Waals surface area contributed by atoms with E-state index in [2.05, 4.69) is 6.92 Å². The molecule has 0 bridgehead atoms. The minimum atomic E-state index is 0.0125. The van der Waals surface area contributed by atoms with E-state index >= 15 is 0 Å². The van der Waals surface area contributed by atoms with Crippen LogP contribution in [0.3, 0.4) is 0 Å². The third-order valence-electron chi connectivity index (χ3n) is 3.97. The average Bonchev–Trinajstić information content (AvgIpc) is 2.41. The summed E-state index contributed by atoms with van der Waals surface area (Å²) < 4.78 is 11.5. The van der Waals surface area contributed by atoms with E-state index in [-0.39, 0.29) is 6.04 Å². The van der Waals surface area contributed by atoms with E-state index in [9.17, 15) is 0 Å². The Labute approximate surface area is 116 Å². The zero-order chi connectivity index (χ0) is 13.8. The highest BCUT2D eigenvalue weighted by atomic mass is 16.5. The molecule has 1 aromatic rings. The molecule has 0 saturated heterocycles. The number of hydrogen-bond acceptors (Lipinski definition) is 3. The zero-order valence-electron chi connectivity index (χ0n) is 12.2. The molecule has 19 heavy (non-hydrogen) atoms. The fourth-order valence-corrected chi connectivity index (χ4v) is 2.59. The quantitative estimate of drug-likeness (QED) is 0.901. The normalized spacial score (nSPS) is 24.8. The first kappa shape index (κ1) is 14.2. The third-order valence-corrected chi connectivity index (χ3v) is 3.97. The second kappa shape index (κ2) is 6.29. The van der Waals surface area contributed by atoms with Crippen molar-refractivity contribution in [2.75, 3.05) is 7.11 Å². The van der Waals surface area contributed by atoms with Crippen LogP contribution < -0.4 is 15.2 Å². The summed E-state index contributed by atoms with van der Waals surface area (Å²) in [6, 6.07) is 5.99. The minimum Gasteiger partial charge on any atom is -0.493 e. The van der Waals surface area contributed by atoms with Gasteiger partial charge in [0.05, 0.1) is 13.2 Å². The Bertz CT molecular complexity index is 409. The highest BCUT2D eigenvalue weighted by Crippen LogP contribution is 2.33. The standard InChI is InChI=1S/C16H25NO2/c1-11-4-7-14(8-5-11)19-15-9-6-13(12(2)17)10-16(15)18-3/h6,9-12,14H,4-5,7-8,17H2,1-3H3/t11?,12-,14?/m1/s1. The van der Waals surface area contributed by atoms with Crippen LogP contribution in [0.25, 0.3) is 0 Å². The Kier molecular flexibility index (Phi) is 4.70. The number of methoxy groups -OCH3 is 1. The fraction of sp³-hybridized carbons (Fsp3) is 0.625. The molecule has 0 radical (unpaired) electrons. The molecule has 1 aromatic carbocycles. The highest BCUT2D eigenvalue weighted by Gasteiger charge is 2.21. The van der Waals surface area contributed by atoms with Gasteiger partial charge >= 0.3 is 0 Å². The summed E-state index contributed by atoms with van der Waals surface area (Å²) in [5.74, 6) is 2.46. The molecule has 1 fully saturated rings. The molecule has 1 saturated carbocycles. The van der Waals surface area contributed by atoms with Crippen molar-refractivity contribution < 1.29 is 9.47 Å². The maximum atomic E-state index is 6.09. The summed E-state index contributed by atoms with van der Waals surface area (Å²) in [5.41, 5.74) is 6.96. The lowest BCUT2D eigenvalue weighted by molar-refractivity contribution is 0.131. The van der Waals surface area contributed by atoms with Gasteiger partial charge in [0.1, 0.15) is 0 Å². The molecule has 0 spiro atoms. The van der Waals surface area contributed by atoms with Crippen LogP contribution in [0.2, 0.25) is 0 Å². The predicted molar refractivity (Wildman–Crippen MR) is 77.6 cm³/mol. The van der Waals surface area contributed by atoms with E-state index in [1.54, 1.807) is 7.11 Å². The van der Waals surface area contributed by atoms with Crippen molar-refractivity contribution in [2.24, 2.45) is 11.7 Å². The van der Waals surface area contributed by atoms with Gasteiger partial charge in [0.2, 0.25) is 0 Å². The summed E-state index contributed by atoms with van der Waals surface area (Å²) in [7, 11) is 1.68. The molecule has 2 rings (SSSR count). The number of rotatable bonds is 4. The molecule has 2 N–H and O–H groups in total. The summed E-state index contributed by atoms with van der Waals surface area (Å²) in [4.78, 5) is 0. The number of hydrogen-bond donors (Lipinski definition) is 1. The largest absolute Gasteiger partial charge is 0.493 e. The highest BCUT2D eigenvalue weighted by molar-refractivity contribution is 5.43. The van der Waals surface area contributed by atoms with Crippen molar-refractivity contribution in [1.82, 2.24) is 0 Å². The van der Waals surface area contributed by atoms with Gasteiger partial charge in [-0.2, -0.15) is 0 Å². The fourth-order valence-electron chi connectivity index (χ4n) is 2.59. The Morgan fingerprint density at radius 3 is 2.42 bits per heavy atom. The van der Waals surface area contributed by atoms with Gasteiger partial charge in [-0.1, -0.05) is 13.0 Å². The van der Waals surface area contributed by atoms with Gasteiger partial charge < -0.3 is 15.2 Å². The minimum absolute atomic E-state index is 0.0125. The Balaban J connectivity index is 2.07. The van der Waals surface area contributed by atoms with Crippen molar-refractivity contribution in [1.29, 1.82) is 0 Å². The van der Waals surface area contributed by atoms with Crippen LogP contribution in [-0.4, -0.2) is 13.2 Å². The first-order valence-corrected chi connectivity index (χ1v) is 7.20. The predicted octanol–water partition coefficient (Wildman–Crippen LogP) is 3.67. The molecule has 3 heteroatoms. The van der Waals surface area contributed by atoms with Crippen molar-refractivity contribution in [3.05, 3.63) is 23.8 Å². The van der Waals surface area contributed by atoms with Gasteiger partial charge in [-0.05, 0) is 56.2 Å². The van der Waals surface area contributed by atoms with Crippen LogP contribution >= 0.6 is 0 Å². The van der Waals surface area contributed by atoms with Crippen LogP contribution in [0.4, 0.5) is 0 Å². The van der Waals surface area contributed by atoms with Gasteiger partial charge in [-0.3, -0.25) is 0 Å². The van der Waals surface area contributed by atoms with Crippen LogP contribution in [0.5, 0.6) is 11.5 Å².